The summed E-state index contributed by atoms with van der Waals surface area (Å²) < 4.78 is 0. The molecule has 0 aliphatic rings. The van der Waals surface area contributed by atoms with Crippen LogP contribution in [-0.4, -0.2) is 12.6 Å². The molecule has 3 N–H and O–H groups in total. The zero-order chi connectivity index (χ0) is 14.5. The second kappa shape index (κ2) is 6.40. The Balaban J connectivity index is 2.11. The second-order valence-electron chi connectivity index (χ2n) is 5.28. The minimum atomic E-state index is -0.0971. The van der Waals surface area contributed by atoms with Crippen molar-refractivity contribution in [1.29, 1.82) is 0 Å². The molecule has 0 aromatic heterocycles. The number of fused-ring (bicyclic) bond motifs is 1. The van der Waals surface area contributed by atoms with E-state index in [1.807, 2.05) is 6.92 Å². The van der Waals surface area contributed by atoms with Crippen molar-refractivity contribution < 1.29 is 0 Å². The summed E-state index contributed by atoms with van der Waals surface area (Å²) in [4.78, 5) is 0. The summed E-state index contributed by atoms with van der Waals surface area (Å²) in [6.45, 7) is 10.6. The molecule has 0 heterocycles. The van der Waals surface area contributed by atoms with E-state index in [2.05, 4.69) is 60.9 Å². The summed E-state index contributed by atoms with van der Waals surface area (Å²) in [6, 6.07) is 14.6. The number of rotatable bonds is 6. The predicted octanol–water partition coefficient (Wildman–Crippen LogP) is 3.39. The van der Waals surface area contributed by atoms with Crippen LogP contribution < -0.4 is 11.1 Å². The van der Waals surface area contributed by atoms with Gasteiger partial charge in [-0.15, -0.1) is 0 Å². The van der Waals surface area contributed by atoms with Gasteiger partial charge in [0, 0.05) is 18.3 Å². The fourth-order valence-electron chi connectivity index (χ4n) is 2.23. The second-order valence-corrected chi connectivity index (χ2v) is 5.28. The first kappa shape index (κ1) is 14.4. The molecule has 0 radical (unpaired) electrons. The van der Waals surface area contributed by atoms with Gasteiger partial charge in [-0.3, -0.25) is 0 Å². The van der Waals surface area contributed by atoms with E-state index in [1.165, 1.54) is 16.3 Å². The highest BCUT2D eigenvalue weighted by molar-refractivity contribution is 5.85. The Morgan fingerprint density at radius 3 is 2.60 bits per heavy atom. The van der Waals surface area contributed by atoms with Crippen molar-refractivity contribution in [2.75, 3.05) is 6.54 Å². The SMILES string of the molecule is C=C(C)CNC(=C)C(N)Cc1cccc2ccccc12. The van der Waals surface area contributed by atoms with Crippen LogP contribution in [0.15, 0.2) is 66.9 Å². The van der Waals surface area contributed by atoms with Crippen LogP contribution >= 0.6 is 0 Å². The minimum Gasteiger partial charge on any atom is -0.384 e. The highest BCUT2D eigenvalue weighted by Gasteiger charge is 2.10. The molecule has 2 rings (SSSR count). The quantitative estimate of drug-likeness (QED) is 0.787. The van der Waals surface area contributed by atoms with Crippen LogP contribution in [0.3, 0.4) is 0 Å². The molecule has 0 saturated heterocycles. The maximum atomic E-state index is 6.23. The van der Waals surface area contributed by atoms with E-state index >= 15 is 0 Å². The van der Waals surface area contributed by atoms with Gasteiger partial charge in [-0.25, -0.2) is 0 Å². The molecule has 2 aromatic carbocycles. The highest BCUT2D eigenvalue weighted by atomic mass is 14.9. The summed E-state index contributed by atoms with van der Waals surface area (Å²) in [5.74, 6) is 0. The van der Waals surface area contributed by atoms with Gasteiger partial charge in [0.1, 0.15) is 0 Å². The zero-order valence-corrected chi connectivity index (χ0v) is 12.0. The fourth-order valence-corrected chi connectivity index (χ4v) is 2.23. The number of nitrogens with one attached hydrogen (secondary N) is 1. The summed E-state index contributed by atoms with van der Waals surface area (Å²) in [6.07, 6.45) is 0.781. The van der Waals surface area contributed by atoms with Crippen LogP contribution in [0, 0.1) is 0 Å². The summed E-state index contributed by atoms with van der Waals surface area (Å²) in [5.41, 5.74) is 9.43. The molecule has 2 aromatic rings. The summed E-state index contributed by atoms with van der Waals surface area (Å²) in [7, 11) is 0. The van der Waals surface area contributed by atoms with Gasteiger partial charge in [-0.1, -0.05) is 61.2 Å². The molecule has 0 fully saturated rings. The van der Waals surface area contributed by atoms with Crippen LogP contribution in [-0.2, 0) is 6.42 Å². The molecule has 0 aliphatic heterocycles. The first-order valence-corrected chi connectivity index (χ1v) is 6.87. The van der Waals surface area contributed by atoms with Gasteiger partial charge in [-0.2, -0.15) is 0 Å². The van der Waals surface area contributed by atoms with Gasteiger partial charge in [0.25, 0.3) is 0 Å². The highest BCUT2D eigenvalue weighted by Crippen LogP contribution is 2.20. The van der Waals surface area contributed by atoms with E-state index in [-0.39, 0.29) is 6.04 Å². The molecule has 1 unspecified atom stereocenters. The van der Waals surface area contributed by atoms with Gasteiger partial charge >= 0.3 is 0 Å². The Morgan fingerprint density at radius 1 is 1.15 bits per heavy atom. The van der Waals surface area contributed by atoms with E-state index in [0.717, 1.165) is 24.2 Å². The average Bonchev–Trinajstić information content (AvgIpc) is 2.45. The van der Waals surface area contributed by atoms with Gasteiger partial charge in [-0.05, 0) is 29.7 Å². The fraction of sp³-hybridized carbons (Fsp3) is 0.222. The van der Waals surface area contributed by atoms with Crippen LogP contribution in [0.1, 0.15) is 12.5 Å². The van der Waals surface area contributed by atoms with Crippen molar-refractivity contribution >= 4 is 10.8 Å². The van der Waals surface area contributed by atoms with E-state index in [0.29, 0.717) is 0 Å². The smallest absolute Gasteiger partial charge is 0.0479 e. The number of nitrogens with two attached hydrogens (primary N) is 1. The molecule has 0 aliphatic carbocycles. The van der Waals surface area contributed by atoms with Crippen molar-refractivity contribution in [1.82, 2.24) is 5.32 Å². The van der Waals surface area contributed by atoms with Crippen LogP contribution in [0.25, 0.3) is 10.8 Å². The van der Waals surface area contributed by atoms with Crippen molar-refractivity contribution in [3.05, 3.63) is 72.5 Å². The Bertz CT molecular complexity index is 623. The molecule has 2 nitrogen and oxygen atoms in total. The topological polar surface area (TPSA) is 38.0 Å². The molecule has 104 valence electrons. The van der Waals surface area contributed by atoms with Gasteiger partial charge in [0.15, 0.2) is 0 Å². The predicted molar refractivity (Wildman–Crippen MR) is 87.6 cm³/mol. The molecular formula is C18H22N2. The number of benzene rings is 2. The first-order chi connectivity index (χ1) is 9.58. The largest absolute Gasteiger partial charge is 0.384 e. The maximum Gasteiger partial charge on any atom is 0.0479 e. The normalized spacial score (nSPS) is 12.1. The van der Waals surface area contributed by atoms with Crippen molar-refractivity contribution in [2.45, 2.75) is 19.4 Å². The molecule has 0 bridgehead atoms. The van der Waals surface area contributed by atoms with E-state index in [9.17, 15) is 0 Å². The van der Waals surface area contributed by atoms with Gasteiger partial charge < -0.3 is 11.1 Å². The molecule has 1 atom stereocenters. The lowest BCUT2D eigenvalue weighted by Gasteiger charge is -2.18. The van der Waals surface area contributed by atoms with E-state index < -0.39 is 0 Å². The van der Waals surface area contributed by atoms with Crippen LogP contribution in [0.4, 0.5) is 0 Å². The lowest BCUT2D eigenvalue weighted by Crippen LogP contribution is -2.33. The Labute approximate surface area is 121 Å². The Kier molecular flexibility index (Phi) is 4.59. The molecular weight excluding hydrogens is 244 g/mol. The Hall–Kier alpha value is -2.06. The van der Waals surface area contributed by atoms with Gasteiger partial charge in [0.2, 0.25) is 0 Å². The molecule has 2 heteroatoms. The third kappa shape index (κ3) is 3.49. The lowest BCUT2D eigenvalue weighted by atomic mass is 9.98. The zero-order valence-electron chi connectivity index (χ0n) is 12.0. The van der Waals surface area contributed by atoms with Gasteiger partial charge in [0.05, 0.1) is 0 Å². The maximum absolute atomic E-state index is 6.23. The summed E-state index contributed by atoms with van der Waals surface area (Å²) in [5, 5.41) is 5.74. The molecule has 0 saturated carbocycles. The molecule has 20 heavy (non-hydrogen) atoms. The lowest BCUT2D eigenvalue weighted by molar-refractivity contribution is 0.690. The Morgan fingerprint density at radius 2 is 1.85 bits per heavy atom. The van der Waals surface area contributed by atoms with Crippen molar-refractivity contribution in [3.8, 4) is 0 Å². The third-order valence-electron chi connectivity index (χ3n) is 3.38. The third-order valence-corrected chi connectivity index (χ3v) is 3.38. The van der Waals surface area contributed by atoms with E-state index in [4.69, 9.17) is 5.73 Å². The standard InChI is InChI=1S/C18H22N2/c1-13(2)12-20-14(3)18(19)11-16-9-6-8-15-7-4-5-10-17(15)16/h4-10,18,20H,1,3,11-12,19H2,2H3. The van der Waals surface area contributed by atoms with E-state index in [1.54, 1.807) is 0 Å². The number of hydrogen-bond acceptors (Lipinski definition) is 2. The van der Waals surface area contributed by atoms with Crippen LogP contribution in [0.5, 0.6) is 0 Å². The van der Waals surface area contributed by atoms with Crippen molar-refractivity contribution in [2.24, 2.45) is 5.73 Å². The molecule has 0 amide bonds. The first-order valence-electron chi connectivity index (χ1n) is 6.87. The minimum absolute atomic E-state index is 0.0971. The van der Waals surface area contributed by atoms with Crippen LogP contribution in [0.2, 0.25) is 0 Å². The summed E-state index contributed by atoms with van der Waals surface area (Å²) >= 11 is 0. The molecule has 0 spiro atoms. The number of hydrogen-bond donors (Lipinski definition) is 2. The average molecular weight is 266 g/mol. The monoisotopic (exact) mass is 266 g/mol. The van der Waals surface area contributed by atoms with Crippen molar-refractivity contribution in [3.63, 3.8) is 0 Å².